The van der Waals surface area contributed by atoms with E-state index in [0.29, 0.717) is 24.2 Å². The molecule has 0 saturated carbocycles. The van der Waals surface area contributed by atoms with Gasteiger partial charge in [-0.3, -0.25) is 4.79 Å². The first-order valence-corrected chi connectivity index (χ1v) is 6.29. The number of carbonyl (C=O) groups is 2. The maximum atomic E-state index is 11.6. The van der Waals surface area contributed by atoms with E-state index >= 15 is 0 Å². The molecule has 0 heterocycles. The Bertz CT molecular complexity index is 429. The summed E-state index contributed by atoms with van der Waals surface area (Å²) >= 11 is 0. The smallest absolute Gasteiger partial charge is 0.319 e. The van der Waals surface area contributed by atoms with Crippen LogP contribution >= 0.6 is 0 Å². The molecule has 0 aliphatic rings. The second kappa shape index (κ2) is 7.53. The van der Waals surface area contributed by atoms with Gasteiger partial charge in [0, 0.05) is 24.4 Å². The summed E-state index contributed by atoms with van der Waals surface area (Å²) in [6.07, 6.45) is 0.660. The third-order valence-corrected chi connectivity index (χ3v) is 2.78. The number of carbonyl (C=O) groups excluding carboxylic acids is 2. The van der Waals surface area contributed by atoms with E-state index in [1.165, 1.54) is 6.92 Å². The topological polar surface area (TPSA) is 78.4 Å². The highest BCUT2D eigenvalue weighted by Gasteiger charge is 2.05. The van der Waals surface area contributed by atoms with Crippen LogP contribution in [0.2, 0.25) is 0 Å². The molecule has 2 amide bonds. The van der Waals surface area contributed by atoms with Crippen LogP contribution in [0.15, 0.2) is 24.3 Å². The number of rotatable bonds is 6. The minimum absolute atomic E-state index is 0.00571. The van der Waals surface area contributed by atoms with Crippen LogP contribution < -0.4 is 10.6 Å². The number of aliphatic hydroxyl groups is 1. The third kappa shape index (κ3) is 5.52. The number of anilines is 1. The highest BCUT2D eigenvalue weighted by Crippen LogP contribution is 2.09. The van der Waals surface area contributed by atoms with Gasteiger partial charge in [-0.2, -0.15) is 0 Å². The Labute approximate surface area is 113 Å². The van der Waals surface area contributed by atoms with Gasteiger partial charge in [0.05, 0.1) is 0 Å². The van der Waals surface area contributed by atoms with E-state index in [1.54, 1.807) is 24.3 Å². The molecule has 0 saturated heterocycles. The van der Waals surface area contributed by atoms with Gasteiger partial charge >= 0.3 is 6.03 Å². The molecule has 1 rings (SSSR count). The summed E-state index contributed by atoms with van der Waals surface area (Å²) in [7, 11) is 0. The normalized spacial score (nSPS) is 11.7. The van der Waals surface area contributed by atoms with Crippen molar-refractivity contribution in [1.82, 2.24) is 5.32 Å². The molecule has 0 aliphatic carbocycles. The van der Waals surface area contributed by atoms with Gasteiger partial charge in [-0.05, 0) is 43.5 Å². The van der Waals surface area contributed by atoms with Gasteiger partial charge in [-0.15, -0.1) is 0 Å². The minimum atomic E-state index is -0.291. The summed E-state index contributed by atoms with van der Waals surface area (Å²) in [6, 6.07) is 6.43. The van der Waals surface area contributed by atoms with Gasteiger partial charge < -0.3 is 15.7 Å². The van der Waals surface area contributed by atoms with Crippen LogP contribution in [0.4, 0.5) is 10.5 Å². The fourth-order valence-corrected chi connectivity index (χ4v) is 1.55. The molecular formula is C14H20N2O3. The number of urea groups is 1. The average molecular weight is 264 g/mol. The summed E-state index contributed by atoms with van der Waals surface area (Å²) in [5, 5.41) is 14.2. The van der Waals surface area contributed by atoms with Crippen LogP contribution in [0.25, 0.3) is 0 Å². The Kier molecular flexibility index (Phi) is 6.02. The van der Waals surface area contributed by atoms with Crippen LogP contribution in [0, 0.1) is 5.92 Å². The zero-order valence-corrected chi connectivity index (χ0v) is 11.3. The molecule has 5 nitrogen and oxygen atoms in total. The first-order chi connectivity index (χ1) is 9.02. The monoisotopic (exact) mass is 264 g/mol. The van der Waals surface area contributed by atoms with Crippen LogP contribution in [0.3, 0.4) is 0 Å². The molecule has 0 fully saturated rings. The molecule has 1 atom stereocenters. The highest BCUT2D eigenvalue weighted by atomic mass is 16.3. The van der Waals surface area contributed by atoms with E-state index in [2.05, 4.69) is 10.6 Å². The molecule has 5 heteroatoms. The lowest BCUT2D eigenvalue weighted by Gasteiger charge is -2.12. The maximum absolute atomic E-state index is 11.6. The number of hydrogen-bond donors (Lipinski definition) is 3. The van der Waals surface area contributed by atoms with Crippen molar-refractivity contribution >= 4 is 17.5 Å². The SMILES string of the molecule is CC(=O)c1ccc(NC(=O)NCC(C)CCO)cc1. The van der Waals surface area contributed by atoms with Crippen molar-refractivity contribution in [1.29, 1.82) is 0 Å². The first-order valence-electron chi connectivity index (χ1n) is 6.29. The molecule has 104 valence electrons. The van der Waals surface area contributed by atoms with Gasteiger partial charge in [-0.25, -0.2) is 4.79 Å². The van der Waals surface area contributed by atoms with Crippen LogP contribution in [-0.4, -0.2) is 30.1 Å². The lowest BCUT2D eigenvalue weighted by Crippen LogP contribution is -2.32. The molecule has 0 aromatic heterocycles. The van der Waals surface area contributed by atoms with E-state index in [0.717, 1.165) is 0 Å². The maximum Gasteiger partial charge on any atom is 0.319 e. The van der Waals surface area contributed by atoms with Gasteiger partial charge in [-0.1, -0.05) is 6.92 Å². The van der Waals surface area contributed by atoms with E-state index < -0.39 is 0 Å². The Morgan fingerprint density at radius 2 is 1.89 bits per heavy atom. The van der Waals surface area contributed by atoms with E-state index in [-0.39, 0.29) is 24.3 Å². The van der Waals surface area contributed by atoms with Crippen molar-refractivity contribution in [3.8, 4) is 0 Å². The van der Waals surface area contributed by atoms with Crippen molar-refractivity contribution in [2.45, 2.75) is 20.3 Å². The fourth-order valence-electron chi connectivity index (χ4n) is 1.55. The number of hydrogen-bond acceptors (Lipinski definition) is 3. The van der Waals surface area contributed by atoms with E-state index in [4.69, 9.17) is 5.11 Å². The quantitative estimate of drug-likeness (QED) is 0.688. The zero-order chi connectivity index (χ0) is 14.3. The van der Waals surface area contributed by atoms with Crippen molar-refractivity contribution in [3.63, 3.8) is 0 Å². The van der Waals surface area contributed by atoms with E-state index in [1.807, 2.05) is 6.92 Å². The fraction of sp³-hybridized carbons (Fsp3) is 0.429. The van der Waals surface area contributed by atoms with Gasteiger partial charge in [0.25, 0.3) is 0 Å². The number of nitrogens with one attached hydrogen (secondary N) is 2. The molecule has 3 N–H and O–H groups in total. The highest BCUT2D eigenvalue weighted by molar-refractivity contribution is 5.95. The lowest BCUT2D eigenvalue weighted by molar-refractivity contribution is 0.101. The molecule has 1 aromatic carbocycles. The summed E-state index contributed by atoms with van der Waals surface area (Å²) in [5.41, 5.74) is 1.25. The molecule has 0 spiro atoms. The third-order valence-electron chi connectivity index (χ3n) is 2.78. The number of ketones is 1. The average Bonchev–Trinajstić information content (AvgIpc) is 2.37. The molecule has 1 unspecified atom stereocenters. The molecular weight excluding hydrogens is 244 g/mol. The summed E-state index contributed by atoms with van der Waals surface area (Å²) < 4.78 is 0. The predicted molar refractivity (Wildman–Crippen MR) is 74.3 cm³/mol. The number of benzene rings is 1. The standard InChI is InChI=1S/C14H20N2O3/c1-10(7-8-17)9-15-14(19)16-13-5-3-12(4-6-13)11(2)18/h3-6,10,17H,7-9H2,1-2H3,(H2,15,16,19). The van der Waals surface area contributed by atoms with Crippen LogP contribution in [-0.2, 0) is 0 Å². The van der Waals surface area contributed by atoms with Gasteiger partial charge in [0.15, 0.2) is 5.78 Å². The van der Waals surface area contributed by atoms with Gasteiger partial charge in [0.2, 0.25) is 0 Å². The van der Waals surface area contributed by atoms with Crippen molar-refractivity contribution in [2.24, 2.45) is 5.92 Å². The van der Waals surface area contributed by atoms with Crippen molar-refractivity contribution in [2.75, 3.05) is 18.5 Å². The molecule has 1 aromatic rings. The summed E-state index contributed by atoms with van der Waals surface area (Å²) in [5.74, 6) is 0.227. The second-order valence-corrected chi connectivity index (χ2v) is 4.59. The molecule has 0 radical (unpaired) electrons. The van der Waals surface area contributed by atoms with Crippen LogP contribution in [0.5, 0.6) is 0 Å². The largest absolute Gasteiger partial charge is 0.396 e. The Morgan fingerprint density at radius 1 is 1.26 bits per heavy atom. The Hall–Kier alpha value is -1.88. The molecule has 19 heavy (non-hydrogen) atoms. The number of aliphatic hydroxyl groups excluding tert-OH is 1. The minimum Gasteiger partial charge on any atom is -0.396 e. The second-order valence-electron chi connectivity index (χ2n) is 4.59. The number of amides is 2. The number of Topliss-reactive ketones (excluding diaryl/α,β-unsaturated/α-hetero) is 1. The van der Waals surface area contributed by atoms with Gasteiger partial charge in [0.1, 0.15) is 0 Å². The zero-order valence-electron chi connectivity index (χ0n) is 11.3. The first kappa shape index (κ1) is 15.2. The summed E-state index contributed by atoms with van der Waals surface area (Å²) in [4.78, 5) is 22.7. The summed E-state index contributed by atoms with van der Waals surface area (Å²) in [6.45, 7) is 4.09. The Morgan fingerprint density at radius 3 is 2.42 bits per heavy atom. The van der Waals surface area contributed by atoms with Crippen LogP contribution in [0.1, 0.15) is 30.6 Å². The van der Waals surface area contributed by atoms with Crippen molar-refractivity contribution < 1.29 is 14.7 Å². The van der Waals surface area contributed by atoms with E-state index in [9.17, 15) is 9.59 Å². The molecule has 0 aliphatic heterocycles. The molecule has 0 bridgehead atoms. The van der Waals surface area contributed by atoms with Crippen molar-refractivity contribution in [3.05, 3.63) is 29.8 Å². The Balaban J connectivity index is 2.42. The lowest BCUT2D eigenvalue weighted by atomic mass is 10.1. The predicted octanol–water partition coefficient (Wildman–Crippen LogP) is 2.03.